The summed E-state index contributed by atoms with van der Waals surface area (Å²) in [5, 5.41) is 173. The average molecular weight is 1240 g/mol. The van der Waals surface area contributed by atoms with E-state index in [-0.39, 0.29) is 47.2 Å². The van der Waals surface area contributed by atoms with Crippen LogP contribution in [0.4, 0.5) is 0 Å². The Bertz CT molecular complexity index is 2400. The second-order valence-corrected chi connectivity index (χ2v) is 28.8. The molecule has 86 heavy (non-hydrogen) atoms. The average Bonchev–Trinajstić information content (AvgIpc) is 0.711. The molecular weight excluding hydrogens is 1140 g/mol. The van der Waals surface area contributed by atoms with E-state index in [1.807, 2.05) is 6.92 Å². The Kier molecular flexibility index (Phi) is 19.2. The first-order chi connectivity index (χ1) is 40.2. The summed E-state index contributed by atoms with van der Waals surface area (Å²) in [5.74, 6) is -1.74. The monoisotopic (exact) mass is 1240 g/mol. The molecule has 5 heterocycles. The van der Waals surface area contributed by atoms with Gasteiger partial charge in [0.1, 0.15) is 104 Å². The van der Waals surface area contributed by atoms with Crippen LogP contribution in [-0.2, 0) is 52.2 Å². The summed E-state index contributed by atoms with van der Waals surface area (Å²) in [7, 11) is 0. The lowest BCUT2D eigenvalue weighted by atomic mass is 9.33. The van der Waals surface area contributed by atoms with Gasteiger partial charge in [-0.3, -0.25) is 0 Å². The van der Waals surface area contributed by atoms with Gasteiger partial charge in [0, 0.05) is 10.8 Å². The van der Waals surface area contributed by atoms with Gasteiger partial charge < -0.3 is 129 Å². The van der Waals surface area contributed by atoms with Gasteiger partial charge >= 0.3 is 5.97 Å². The SMILES string of the molecule is C[C@@H]1O[C@@H](O[C@H]2[C@H](O[C@H]3[C@H](O[C@H]4CC[C@@]5(C)[C@@H](CC[C@]6(C)[C@@H]5CC=C5[C@@H]7CC(C)(C)C[C@@H](O[C@@H]8OC[C@@H](O)[C@H](O)[C@H]8O[C@@H]8O[C@H](CO)[C@@H](O)[C@H](O)[C@H]8O)[C@]7(C)CC[C@]56C)[C@@]4(C)CO)O[C@H](C(=O)O)[C@@H](O)[C@@H]3O)O[C@H](CO)[C@H](O)[C@@H]2O)[C@H](O)[C@H](O)[C@H]1O. The van der Waals surface area contributed by atoms with Crippen molar-refractivity contribution >= 4 is 5.97 Å². The van der Waals surface area contributed by atoms with Gasteiger partial charge in [-0.1, -0.05) is 60.1 Å². The second-order valence-electron chi connectivity index (χ2n) is 28.8. The standard InChI is InChI=1S/C59H96O27/c1-23-33(64)37(68)42(73)49(78-23)85-46-39(70)36(67)28(20-61)80-52(46)86-47-41(72)40(71)44(48(75)76)83-53(47)81-31-12-13-56(5)29(57(31,6)22-62)11-14-59(8)30(56)10-9-24-25-17-54(2,3)18-32(55(25,4)15-16-58(24,59)7)82-51-45(34(65)26(63)21-77-51)84-50-43(74)38(69)35(66)27(19-60)79-50/h9,23,25-47,49-53,60-74H,10-22H2,1-8H3,(H,75,76)/t23-,25-,26+,27+,28+,29+,30+,31-,32+,33-,34-,35+,36-,37+,38-,39-,40-,41-,42+,43+,44-,45+,46+,47+,49-,50-,51-,52-,53+,55+,56-,57+,58+,59+/m0/s1. The molecule has 9 fully saturated rings. The number of carbonyl (C=O) groups is 1. The maximum atomic E-state index is 12.6. The minimum Gasteiger partial charge on any atom is -0.479 e. The molecule has 0 bridgehead atoms. The smallest absolute Gasteiger partial charge is 0.335 e. The molecule has 5 aliphatic carbocycles. The predicted octanol–water partition coefficient (Wildman–Crippen LogP) is -3.01. The molecule has 0 aromatic carbocycles. The number of hydrogen-bond donors (Lipinski definition) is 16. The molecule has 0 aromatic heterocycles. The summed E-state index contributed by atoms with van der Waals surface area (Å²) in [4.78, 5) is 12.6. The van der Waals surface area contributed by atoms with E-state index in [4.69, 9.17) is 47.4 Å². The summed E-state index contributed by atoms with van der Waals surface area (Å²) >= 11 is 0. The van der Waals surface area contributed by atoms with E-state index in [1.54, 1.807) is 0 Å². The van der Waals surface area contributed by atoms with Crippen molar-refractivity contribution in [2.45, 2.75) is 273 Å². The van der Waals surface area contributed by atoms with E-state index in [2.05, 4.69) is 47.6 Å². The zero-order chi connectivity index (χ0) is 62.9. The van der Waals surface area contributed by atoms with Crippen LogP contribution in [0.25, 0.3) is 0 Å². The maximum Gasteiger partial charge on any atom is 0.335 e. The second kappa shape index (κ2) is 24.6. The molecule has 27 heteroatoms. The van der Waals surface area contributed by atoms with Crippen LogP contribution in [0.2, 0.25) is 0 Å². The molecule has 0 amide bonds. The van der Waals surface area contributed by atoms with Gasteiger partial charge in [0.2, 0.25) is 0 Å². The minimum atomic E-state index is -2.13. The minimum absolute atomic E-state index is 0.0183. The van der Waals surface area contributed by atoms with Crippen molar-refractivity contribution in [1.29, 1.82) is 0 Å². The summed E-state index contributed by atoms with van der Waals surface area (Å²) in [6.45, 7) is 14.7. The van der Waals surface area contributed by atoms with Crippen molar-refractivity contribution in [1.82, 2.24) is 0 Å². The number of carboxylic acid groups (broad SMARTS) is 1. The van der Waals surface area contributed by atoms with Crippen LogP contribution < -0.4 is 0 Å². The number of aliphatic hydroxyl groups is 15. The largest absolute Gasteiger partial charge is 0.479 e. The molecule has 4 saturated carbocycles. The highest BCUT2D eigenvalue weighted by molar-refractivity contribution is 5.73. The number of carboxylic acids is 1. The molecule has 10 rings (SSSR count). The van der Waals surface area contributed by atoms with Crippen molar-refractivity contribution in [3.63, 3.8) is 0 Å². The molecule has 0 unspecified atom stereocenters. The molecule has 0 spiro atoms. The summed E-state index contributed by atoms with van der Waals surface area (Å²) < 4.78 is 61.3. The third-order valence-electron chi connectivity index (χ3n) is 23.3. The van der Waals surface area contributed by atoms with Gasteiger partial charge in [0.15, 0.2) is 37.6 Å². The highest BCUT2D eigenvalue weighted by atomic mass is 16.8. The molecule has 0 radical (unpaired) electrons. The fourth-order valence-corrected chi connectivity index (χ4v) is 17.8. The van der Waals surface area contributed by atoms with Crippen LogP contribution in [0.1, 0.15) is 113 Å². The van der Waals surface area contributed by atoms with Gasteiger partial charge in [-0.15, -0.1) is 0 Å². The molecule has 16 N–H and O–H groups in total. The van der Waals surface area contributed by atoms with Crippen molar-refractivity contribution in [2.75, 3.05) is 26.4 Å². The number of hydrogen-bond acceptors (Lipinski definition) is 26. The van der Waals surface area contributed by atoms with Crippen LogP contribution in [-0.4, -0.2) is 274 Å². The highest BCUT2D eigenvalue weighted by Gasteiger charge is 2.70. The Labute approximate surface area is 499 Å². The molecule has 0 aromatic rings. The summed E-state index contributed by atoms with van der Waals surface area (Å²) in [6, 6.07) is 0. The molecule has 494 valence electrons. The van der Waals surface area contributed by atoms with Crippen molar-refractivity contribution in [2.24, 2.45) is 50.2 Å². The van der Waals surface area contributed by atoms with Crippen molar-refractivity contribution < 1.29 is 134 Å². The fraction of sp³-hybridized carbons (Fsp3) is 0.949. The van der Waals surface area contributed by atoms with Crippen LogP contribution in [0, 0.1) is 50.2 Å². The Morgan fingerprint density at radius 2 is 1.08 bits per heavy atom. The lowest BCUT2D eigenvalue weighted by Gasteiger charge is -2.72. The number of allylic oxidation sites excluding steroid dienone is 2. The maximum absolute atomic E-state index is 12.6. The van der Waals surface area contributed by atoms with E-state index in [9.17, 15) is 86.5 Å². The Balaban J connectivity index is 0.897. The molecule has 27 nitrogen and oxygen atoms in total. The molecule has 5 saturated heterocycles. The normalized spacial score (nSPS) is 55.7. The van der Waals surface area contributed by atoms with Crippen molar-refractivity contribution in [3.8, 4) is 0 Å². The third kappa shape index (κ3) is 11.1. The quantitative estimate of drug-likeness (QED) is 0.0608. The lowest BCUT2D eigenvalue weighted by molar-refractivity contribution is -0.396. The Hall–Kier alpha value is -1.79. The van der Waals surface area contributed by atoms with Crippen LogP contribution in [0.15, 0.2) is 11.6 Å². The van der Waals surface area contributed by atoms with Gasteiger partial charge in [-0.2, -0.15) is 0 Å². The van der Waals surface area contributed by atoms with E-state index < -0.39 is 195 Å². The first-order valence-corrected chi connectivity index (χ1v) is 30.7. The number of aliphatic carboxylic acids is 1. The van der Waals surface area contributed by atoms with E-state index in [1.165, 1.54) is 12.5 Å². The number of fused-ring (bicyclic) bond motifs is 7. The van der Waals surface area contributed by atoms with Gasteiger partial charge in [-0.05, 0) is 104 Å². The lowest BCUT2D eigenvalue weighted by Crippen LogP contribution is -2.68. The van der Waals surface area contributed by atoms with Gasteiger partial charge in [0.25, 0.3) is 0 Å². The van der Waals surface area contributed by atoms with E-state index >= 15 is 0 Å². The van der Waals surface area contributed by atoms with E-state index in [0.717, 1.165) is 25.7 Å². The molecule has 10 aliphatic rings. The topological polar surface area (TPSA) is 433 Å². The van der Waals surface area contributed by atoms with Crippen LogP contribution in [0.5, 0.6) is 0 Å². The molecule has 5 aliphatic heterocycles. The van der Waals surface area contributed by atoms with E-state index in [0.29, 0.717) is 32.1 Å². The fourth-order valence-electron chi connectivity index (χ4n) is 17.8. The van der Waals surface area contributed by atoms with Crippen LogP contribution >= 0.6 is 0 Å². The summed E-state index contributed by atoms with van der Waals surface area (Å²) in [5.41, 5.74) is -1.46. The Morgan fingerprint density at radius 3 is 1.70 bits per heavy atom. The number of ether oxygens (including phenoxy) is 10. The van der Waals surface area contributed by atoms with Gasteiger partial charge in [-0.25, -0.2) is 4.79 Å². The third-order valence-corrected chi connectivity index (χ3v) is 23.3. The molecular formula is C59H96O27. The Morgan fingerprint density at radius 1 is 0.535 bits per heavy atom. The zero-order valence-corrected chi connectivity index (χ0v) is 50.2. The summed E-state index contributed by atoms with van der Waals surface area (Å²) in [6.07, 6.45) is -33.8. The number of rotatable bonds is 14. The predicted molar refractivity (Wildman–Crippen MR) is 290 cm³/mol. The zero-order valence-electron chi connectivity index (χ0n) is 50.2. The highest BCUT2D eigenvalue weighted by Crippen LogP contribution is 2.76. The van der Waals surface area contributed by atoms with Crippen molar-refractivity contribution in [3.05, 3.63) is 11.6 Å². The molecule has 34 atom stereocenters. The van der Waals surface area contributed by atoms with Gasteiger partial charge in [0.05, 0.1) is 44.7 Å². The van der Waals surface area contributed by atoms with Crippen LogP contribution in [0.3, 0.4) is 0 Å². The first-order valence-electron chi connectivity index (χ1n) is 30.7. The first kappa shape index (κ1) is 67.1. The number of aliphatic hydroxyl groups excluding tert-OH is 15.